The predicted octanol–water partition coefficient (Wildman–Crippen LogP) is 2.55. The van der Waals surface area contributed by atoms with Gasteiger partial charge in [0.1, 0.15) is 0 Å². The van der Waals surface area contributed by atoms with E-state index >= 15 is 0 Å². The molecule has 3 atom stereocenters. The summed E-state index contributed by atoms with van der Waals surface area (Å²) in [4.78, 5) is 14.9. The highest BCUT2D eigenvalue weighted by molar-refractivity contribution is 5.81. The Kier molecular flexibility index (Phi) is 7.16. The van der Waals surface area contributed by atoms with Crippen molar-refractivity contribution in [2.24, 2.45) is 11.8 Å². The third kappa shape index (κ3) is 4.95. The van der Waals surface area contributed by atoms with Crippen molar-refractivity contribution < 1.29 is 9.90 Å². The number of carbonyl (C=O) groups is 1. The predicted molar refractivity (Wildman–Crippen MR) is 89.6 cm³/mol. The molecular formula is C18H34N2O2. The van der Waals surface area contributed by atoms with Gasteiger partial charge in [0.05, 0.1) is 6.04 Å². The molecule has 2 aliphatic rings. The number of aliphatic hydroxyl groups excluding tert-OH is 1. The van der Waals surface area contributed by atoms with Gasteiger partial charge in [-0.15, -0.1) is 0 Å². The number of nitrogens with one attached hydrogen (secondary N) is 1. The second-order valence-corrected chi connectivity index (χ2v) is 7.40. The summed E-state index contributed by atoms with van der Waals surface area (Å²) in [6.07, 6.45) is 9.32. The zero-order chi connectivity index (χ0) is 15.9. The Labute approximate surface area is 135 Å². The molecule has 1 heterocycles. The molecule has 0 aromatic carbocycles. The van der Waals surface area contributed by atoms with Crippen LogP contribution in [0.4, 0.5) is 0 Å². The van der Waals surface area contributed by atoms with E-state index in [1.54, 1.807) is 0 Å². The molecule has 2 fully saturated rings. The number of carbonyl (C=O) groups excluding carboxylic acids is 1. The van der Waals surface area contributed by atoms with Gasteiger partial charge >= 0.3 is 0 Å². The number of amides is 1. The minimum atomic E-state index is -0.00656. The number of hydrogen-bond acceptors (Lipinski definition) is 3. The standard InChI is InChI=1S/C18H34N2O2/c1-14-6-3-4-8-17(14)19-18(22)15(2)20-11-9-16(10-12-20)7-5-13-21/h14-17,21H,3-13H2,1-2H3,(H,19,22)/t14-,15-,17+/m1/s1. The quantitative estimate of drug-likeness (QED) is 0.793. The summed E-state index contributed by atoms with van der Waals surface area (Å²) in [7, 11) is 0. The van der Waals surface area contributed by atoms with Crippen molar-refractivity contribution in [1.29, 1.82) is 0 Å². The Morgan fingerprint density at radius 2 is 1.91 bits per heavy atom. The summed E-state index contributed by atoms with van der Waals surface area (Å²) in [5.74, 6) is 1.57. The smallest absolute Gasteiger partial charge is 0.237 e. The van der Waals surface area contributed by atoms with E-state index in [0.29, 0.717) is 18.6 Å². The molecule has 2 rings (SSSR count). The van der Waals surface area contributed by atoms with Crippen LogP contribution in [0.5, 0.6) is 0 Å². The molecule has 0 bridgehead atoms. The number of piperidine rings is 1. The van der Waals surface area contributed by atoms with Gasteiger partial charge in [-0.1, -0.05) is 19.8 Å². The van der Waals surface area contributed by atoms with Gasteiger partial charge in [0.25, 0.3) is 0 Å². The van der Waals surface area contributed by atoms with Crippen LogP contribution in [-0.2, 0) is 4.79 Å². The fourth-order valence-corrected chi connectivity index (χ4v) is 4.01. The van der Waals surface area contributed by atoms with E-state index in [0.717, 1.165) is 51.1 Å². The van der Waals surface area contributed by atoms with Crippen molar-refractivity contribution in [3.8, 4) is 0 Å². The molecule has 2 N–H and O–H groups in total. The third-order valence-corrected chi connectivity index (χ3v) is 5.79. The highest BCUT2D eigenvalue weighted by Crippen LogP contribution is 2.25. The first kappa shape index (κ1) is 17.7. The van der Waals surface area contributed by atoms with Gasteiger partial charge in [0, 0.05) is 12.6 Å². The van der Waals surface area contributed by atoms with Gasteiger partial charge in [0.15, 0.2) is 0 Å². The molecule has 4 nitrogen and oxygen atoms in total. The number of aliphatic hydroxyl groups is 1. The Bertz CT molecular complexity index is 340. The van der Waals surface area contributed by atoms with Gasteiger partial charge in [-0.25, -0.2) is 0 Å². The van der Waals surface area contributed by atoms with E-state index in [1.165, 1.54) is 19.3 Å². The molecular weight excluding hydrogens is 276 g/mol. The maximum absolute atomic E-state index is 12.5. The molecule has 22 heavy (non-hydrogen) atoms. The molecule has 1 aliphatic carbocycles. The van der Waals surface area contributed by atoms with Crippen LogP contribution in [0.1, 0.15) is 65.2 Å². The van der Waals surface area contributed by atoms with E-state index in [4.69, 9.17) is 5.11 Å². The fraction of sp³-hybridized carbons (Fsp3) is 0.944. The van der Waals surface area contributed by atoms with Crippen LogP contribution in [0, 0.1) is 11.8 Å². The first-order chi connectivity index (χ1) is 10.6. The first-order valence-electron chi connectivity index (χ1n) is 9.27. The van der Waals surface area contributed by atoms with Crippen LogP contribution < -0.4 is 5.32 Å². The van der Waals surface area contributed by atoms with Crippen LogP contribution in [-0.4, -0.2) is 47.7 Å². The van der Waals surface area contributed by atoms with Gasteiger partial charge in [-0.2, -0.15) is 0 Å². The van der Waals surface area contributed by atoms with E-state index in [1.807, 2.05) is 0 Å². The van der Waals surface area contributed by atoms with Crippen molar-refractivity contribution in [1.82, 2.24) is 10.2 Å². The number of rotatable bonds is 6. The van der Waals surface area contributed by atoms with Gasteiger partial charge < -0.3 is 10.4 Å². The lowest BCUT2D eigenvalue weighted by Gasteiger charge is -2.37. The van der Waals surface area contributed by atoms with Crippen LogP contribution in [0.25, 0.3) is 0 Å². The zero-order valence-corrected chi connectivity index (χ0v) is 14.4. The van der Waals surface area contributed by atoms with Crippen LogP contribution >= 0.6 is 0 Å². The number of likely N-dealkylation sites (tertiary alicyclic amines) is 1. The van der Waals surface area contributed by atoms with Gasteiger partial charge in [-0.3, -0.25) is 9.69 Å². The Balaban J connectivity index is 1.74. The summed E-state index contributed by atoms with van der Waals surface area (Å²) >= 11 is 0. The number of nitrogens with zero attached hydrogens (tertiary/aromatic N) is 1. The van der Waals surface area contributed by atoms with Crippen molar-refractivity contribution >= 4 is 5.91 Å². The van der Waals surface area contributed by atoms with Crippen LogP contribution in [0.2, 0.25) is 0 Å². The van der Waals surface area contributed by atoms with Crippen molar-refractivity contribution in [3.63, 3.8) is 0 Å². The molecule has 0 radical (unpaired) electrons. The topological polar surface area (TPSA) is 52.6 Å². The van der Waals surface area contributed by atoms with Crippen LogP contribution in [0.15, 0.2) is 0 Å². The van der Waals surface area contributed by atoms with Crippen LogP contribution in [0.3, 0.4) is 0 Å². The first-order valence-corrected chi connectivity index (χ1v) is 9.27. The molecule has 1 saturated carbocycles. The lowest BCUT2D eigenvalue weighted by Crippen LogP contribution is -2.52. The highest BCUT2D eigenvalue weighted by atomic mass is 16.2. The molecule has 1 aliphatic heterocycles. The molecule has 0 aromatic rings. The van der Waals surface area contributed by atoms with E-state index < -0.39 is 0 Å². The zero-order valence-electron chi connectivity index (χ0n) is 14.4. The summed E-state index contributed by atoms with van der Waals surface area (Å²) < 4.78 is 0. The second-order valence-electron chi connectivity index (χ2n) is 7.40. The van der Waals surface area contributed by atoms with Crippen molar-refractivity contribution in [2.45, 2.75) is 77.3 Å². The van der Waals surface area contributed by atoms with E-state index in [9.17, 15) is 4.79 Å². The molecule has 0 unspecified atom stereocenters. The molecule has 1 amide bonds. The second kappa shape index (κ2) is 8.88. The van der Waals surface area contributed by atoms with E-state index in [2.05, 4.69) is 24.1 Å². The SMILES string of the molecule is C[C@@H]1CCCC[C@@H]1NC(=O)[C@@H](C)N1CCC(CCCO)CC1. The number of hydrogen-bond donors (Lipinski definition) is 2. The Morgan fingerprint density at radius 1 is 1.23 bits per heavy atom. The largest absolute Gasteiger partial charge is 0.396 e. The minimum absolute atomic E-state index is 0.00656. The third-order valence-electron chi connectivity index (χ3n) is 5.79. The molecule has 1 saturated heterocycles. The summed E-state index contributed by atoms with van der Waals surface area (Å²) in [5.41, 5.74) is 0. The Morgan fingerprint density at radius 3 is 2.55 bits per heavy atom. The fourth-order valence-electron chi connectivity index (χ4n) is 4.01. The van der Waals surface area contributed by atoms with Crippen molar-refractivity contribution in [2.75, 3.05) is 19.7 Å². The summed E-state index contributed by atoms with van der Waals surface area (Å²) in [6.45, 7) is 6.66. The van der Waals surface area contributed by atoms with Gasteiger partial charge in [0.2, 0.25) is 5.91 Å². The summed E-state index contributed by atoms with van der Waals surface area (Å²) in [5, 5.41) is 12.2. The van der Waals surface area contributed by atoms with E-state index in [-0.39, 0.29) is 11.9 Å². The maximum atomic E-state index is 12.5. The normalized spacial score (nSPS) is 29.2. The van der Waals surface area contributed by atoms with Gasteiger partial charge in [-0.05, 0) is 70.4 Å². The molecule has 128 valence electrons. The lowest BCUT2D eigenvalue weighted by molar-refractivity contribution is -0.127. The molecule has 0 aromatic heterocycles. The summed E-state index contributed by atoms with van der Waals surface area (Å²) in [6, 6.07) is 0.374. The monoisotopic (exact) mass is 310 g/mol. The maximum Gasteiger partial charge on any atom is 0.237 e. The van der Waals surface area contributed by atoms with Crippen molar-refractivity contribution in [3.05, 3.63) is 0 Å². The minimum Gasteiger partial charge on any atom is -0.396 e. The average Bonchev–Trinajstić information content (AvgIpc) is 2.55. The molecule has 0 spiro atoms. The lowest BCUT2D eigenvalue weighted by atomic mass is 9.85. The Hall–Kier alpha value is -0.610. The molecule has 4 heteroatoms. The average molecular weight is 310 g/mol. The highest BCUT2D eigenvalue weighted by Gasteiger charge is 2.29.